The molecule has 0 atom stereocenters. The van der Waals surface area contributed by atoms with Crippen molar-refractivity contribution in [3.63, 3.8) is 0 Å². The number of hydrogen-bond donors (Lipinski definition) is 2. The third-order valence-corrected chi connectivity index (χ3v) is 0.645. The van der Waals surface area contributed by atoms with Gasteiger partial charge in [-0.05, 0) is 0 Å². The zero-order valence-corrected chi connectivity index (χ0v) is 5.98. The van der Waals surface area contributed by atoms with Crippen molar-refractivity contribution in [2.24, 2.45) is 0 Å². The number of esters is 2. The van der Waals surface area contributed by atoms with Gasteiger partial charge in [0, 0.05) is 6.92 Å². The first-order valence-electron chi connectivity index (χ1n) is 1.99. The minimum absolute atomic E-state index is 0. The summed E-state index contributed by atoms with van der Waals surface area (Å²) in [6, 6.07) is 0. The third-order valence-electron chi connectivity index (χ3n) is 0.387. The molecule has 0 aromatic carbocycles. The van der Waals surface area contributed by atoms with Gasteiger partial charge in [0.1, 0.15) is 0 Å². The van der Waals surface area contributed by atoms with Crippen LogP contribution in [0.5, 0.6) is 0 Å². The average molecular weight is 151 g/mol. The predicted octanol–water partition coefficient (Wildman–Crippen LogP) is 0.168. The molecule has 54 valence electrons. The van der Waals surface area contributed by atoms with Crippen molar-refractivity contribution in [3.8, 4) is 0 Å². The lowest BCUT2D eigenvalue weighted by atomic mass is 10.7. The van der Waals surface area contributed by atoms with Gasteiger partial charge in [0.2, 0.25) is 0 Å². The van der Waals surface area contributed by atoms with E-state index in [1.807, 2.05) is 0 Å². The van der Waals surface area contributed by atoms with Gasteiger partial charge < -0.3 is 10.9 Å². The summed E-state index contributed by atoms with van der Waals surface area (Å²) in [6.07, 6.45) is 0. The number of ether oxygens (including phenoxy) is 1. The van der Waals surface area contributed by atoms with Crippen molar-refractivity contribution in [2.75, 3.05) is 5.75 Å². The Hall–Kier alpha value is -0.550. The molecule has 0 aromatic rings. The molecule has 0 aromatic heterocycles. The molecule has 0 heterocycles. The molecule has 0 radical (unpaired) electrons. The summed E-state index contributed by atoms with van der Waals surface area (Å²) in [5.41, 5.74) is 0. The molecular weight excluding hydrogens is 142 g/mol. The highest BCUT2D eigenvalue weighted by atomic mass is 32.1. The first kappa shape index (κ1) is 11.3. The summed E-state index contributed by atoms with van der Waals surface area (Å²) >= 11 is 3.56. The Bertz CT molecular complexity index is 114. The standard InChI is InChI=1S/C4H6O3S.H3N/c1-3(5)7-4(6)2-8;/h8H,2H2,1H3;1H3. The Kier molecular flexibility index (Phi) is 6.99. The number of carbonyl (C=O) groups is 2. The van der Waals surface area contributed by atoms with Crippen molar-refractivity contribution >= 4 is 24.6 Å². The van der Waals surface area contributed by atoms with Gasteiger partial charge in [0.05, 0.1) is 5.75 Å². The third kappa shape index (κ3) is 7.45. The van der Waals surface area contributed by atoms with E-state index in [4.69, 9.17) is 0 Å². The normalized spacial score (nSPS) is 7.33. The molecule has 0 rings (SSSR count). The summed E-state index contributed by atoms with van der Waals surface area (Å²) in [7, 11) is 0. The Morgan fingerprint density at radius 3 is 2.11 bits per heavy atom. The van der Waals surface area contributed by atoms with E-state index < -0.39 is 11.9 Å². The minimum Gasteiger partial charge on any atom is -0.393 e. The molecule has 0 bridgehead atoms. The highest BCUT2D eigenvalue weighted by Gasteiger charge is 2.00. The summed E-state index contributed by atoms with van der Waals surface area (Å²) in [5.74, 6) is -1.26. The summed E-state index contributed by atoms with van der Waals surface area (Å²) in [6.45, 7) is 1.17. The van der Waals surface area contributed by atoms with Crippen LogP contribution in [0.25, 0.3) is 0 Å². The first-order valence-corrected chi connectivity index (χ1v) is 2.62. The minimum atomic E-state index is -0.610. The second-order valence-electron chi connectivity index (χ2n) is 1.12. The van der Waals surface area contributed by atoms with Crippen molar-refractivity contribution < 1.29 is 14.3 Å². The number of hydrogen-bond acceptors (Lipinski definition) is 5. The van der Waals surface area contributed by atoms with Gasteiger partial charge in [-0.3, -0.25) is 9.59 Å². The second kappa shape index (κ2) is 5.58. The fraction of sp³-hybridized carbons (Fsp3) is 0.500. The van der Waals surface area contributed by atoms with E-state index in [0.29, 0.717) is 0 Å². The Morgan fingerprint density at radius 2 is 2.00 bits per heavy atom. The predicted molar refractivity (Wildman–Crippen MR) is 35.6 cm³/mol. The van der Waals surface area contributed by atoms with Crippen LogP contribution in [-0.4, -0.2) is 17.7 Å². The zero-order valence-electron chi connectivity index (χ0n) is 5.09. The molecule has 0 fully saturated rings. The average Bonchev–Trinajstić information content (AvgIpc) is 1.65. The Balaban J connectivity index is 0. The maximum Gasteiger partial charge on any atom is 0.323 e. The zero-order chi connectivity index (χ0) is 6.57. The van der Waals surface area contributed by atoms with Crippen LogP contribution in [-0.2, 0) is 14.3 Å². The second-order valence-corrected chi connectivity index (χ2v) is 1.44. The molecule has 0 aliphatic carbocycles. The molecule has 0 aliphatic heterocycles. The van der Waals surface area contributed by atoms with E-state index in [1.165, 1.54) is 6.92 Å². The van der Waals surface area contributed by atoms with Crippen LogP contribution in [0, 0.1) is 0 Å². The first-order chi connectivity index (χ1) is 3.66. The molecule has 4 nitrogen and oxygen atoms in total. The van der Waals surface area contributed by atoms with E-state index in [-0.39, 0.29) is 11.9 Å². The fourth-order valence-corrected chi connectivity index (χ4v) is 0.257. The van der Waals surface area contributed by atoms with Crippen LogP contribution in [0.2, 0.25) is 0 Å². The van der Waals surface area contributed by atoms with Gasteiger partial charge in [-0.15, -0.1) is 0 Å². The van der Waals surface area contributed by atoms with Crippen LogP contribution >= 0.6 is 12.6 Å². The topological polar surface area (TPSA) is 78.4 Å². The quantitative estimate of drug-likeness (QED) is 0.318. The molecule has 0 unspecified atom stereocenters. The van der Waals surface area contributed by atoms with Gasteiger partial charge in [-0.1, -0.05) is 0 Å². The van der Waals surface area contributed by atoms with E-state index in [2.05, 4.69) is 17.4 Å². The van der Waals surface area contributed by atoms with Crippen molar-refractivity contribution in [2.45, 2.75) is 6.92 Å². The van der Waals surface area contributed by atoms with Crippen LogP contribution < -0.4 is 6.15 Å². The summed E-state index contributed by atoms with van der Waals surface area (Å²) in [5, 5.41) is 0. The highest BCUT2D eigenvalue weighted by molar-refractivity contribution is 7.81. The van der Waals surface area contributed by atoms with Gasteiger partial charge in [-0.25, -0.2) is 0 Å². The number of rotatable bonds is 1. The van der Waals surface area contributed by atoms with Gasteiger partial charge in [0.25, 0.3) is 0 Å². The maximum atomic E-state index is 10.1. The summed E-state index contributed by atoms with van der Waals surface area (Å²) < 4.78 is 4.05. The monoisotopic (exact) mass is 151 g/mol. The number of carbonyl (C=O) groups excluding carboxylic acids is 2. The maximum absolute atomic E-state index is 10.1. The molecule has 0 amide bonds. The van der Waals surface area contributed by atoms with Crippen molar-refractivity contribution in [1.29, 1.82) is 0 Å². The van der Waals surface area contributed by atoms with Crippen molar-refractivity contribution in [3.05, 3.63) is 0 Å². The molecule has 0 aliphatic rings. The Morgan fingerprint density at radius 1 is 1.56 bits per heavy atom. The SMILES string of the molecule is CC(=O)OC(=O)CS.N. The van der Waals surface area contributed by atoms with Crippen molar-refractivity contribution in [1.82, 2.24) is 6.15 Å². The lowest BCUT2D eigenvalue weighted by molar-refractivity contribution is -0.155. The number of thiol groups is 1. The largest absolute Gasteiger partial charge is 0.393 e. The smallest absolute Gasteiger partial charge is 0.323 e. The van der Waals surface area contributed by atoms with E-state index in [1.54, 1.807) is 0 Å². The molecule has 0 saturated carbocycles. The molecule has 5 heteroatoms. The molecule has 0 spiro atoms. The Labute approximate surface area is 58.6 Å². The van der Waals surface area contributed by atoms with Crippen LogP contribution in [0.4, 0.5) is 0 Å². The highest BCUT2D eigenvalue weighted by Crippen LogP contribution is 1.81. The lowest BCUT2D eigenvalue weighted by Gasteiger charge is -1.91. The fourth-order valence-electron chi connectivity index (χ4n) is 0.193. The van der Waals surface area contributed by atoms with Crippen LogP contribution in [0.3, 0.4) is 0 Å². The van der Waals surface area contributed by atoms with E-state index in [9.17, 15) is 9.59 Å². The van der Waals surface area contributed by atoms with Gasteiger partial charge >= 0.3 is 11.9 Å². The van der Waals surface area contributed by atoms with Crippen LogP contribution in [0.1, 0.15) is 6.92 Å². The molecule has 3 N–H and O–H groups in total. The summed E-state index contributed by atoms with van der Waals surface area (Å²) in [4.78, 5) is 20.0. The molecular formula is C4H9NO3S. The lowest BCUT2D eigenvalue weighted by Crippen LogP contribution is -2.09. The molecule has 0 saturated heterocycles. The van der Waals surface area contributed by atoms with Gasteiger partial charge in [-0.2, -0.15) is 12.6 Å². The van der Waals surface area contributed by atoms with E-state index >= 15 is 0 Å². The molecule has 9 heavy (non-hydrogen) atoms. The van der Waals surface area contributed by atoms with Crippen LogP contribution in [0.15, 0.2) is 0 Å². The van der Waals surface area contributed by atoms with E-state index in [0.717, 1.165) is 0 Å². The van der Waals surface area contributed by atoms with Gasteiger partial charge in [0.15, 0.2) is 0 Å².